The summed E-state index contributed by atoms with van der Waals surface area (Å²) in [6.07, 6.45) is 0.226. The van der Waals surface area contributed by atoms with Crippen LogP contribution in [-0.2, 0) is 19.1 Å². The fraction of sp³-hybridized carbons (Fsp3) is 0.381. The largest absolute Gasteiger partial charge is 0.466 e. The lowest BCUT2D eigenvalue weighted by Gasteiger charge is -2.36. The normalized spacial score (nSPS) is 21.2. The molecule has 1 unspecified atom stereocenters. The van der Waals surface area contributed by atoms with Crippen LogP contribution < -0.4 is 0 Å². The summed E-state index contributed by atoms with van der Waals surface area (Å²) in [4.78, 5) is 34.0. The smallest absolute Gasteiger partial charge is 0.338 e. The van der Waals surface area contributed by atoms with Gasteiger partial charge in [0.2, 0.25) is 5.91 Å². The van der Waals surface area contributed by atoms with E-state index in [1.807, 2.05) is 27.3 Å². The fourth-order valence-corrected chi connectivity index (χ4v) is 4.87. The molecule has 30 heavy (non-hydrogen) atoms. The zero-order chi connectivity index (χ0) is 21.3. The number of allylic oxidation sites excluding steroid dienone is 1. The highest BCUT2D eigenvalue weighted by Crippen LogP contribution is 2.45. The Balaban J connectivity index is 1.68. The first-order valence-electron chi connectivity index (χ1n) is 9.63. The first kappa shape index (κ1) is 21.0. The molecule has 1 aromatic carbocycles. The molecule has 0 saturated carbocycles. The molecule has 4 rings (SSSR count). The molecule has 1 fully saturated rings. The van der Waals surface area contributed by atoms with E-state index in [2.05, 4.69) is 4.99 Å². The van der Waals surface area contributed by atoms with Crippen LogP contribution in [0.4, 0.5) is 0 Å². The number of aliphatic imine (C=N–C) groups is 1. The molecule has 0 bridgehead atoms. The molecule has 9 heteroatoms. The molecule has 0 radical (unpaired) electrons. The quantitative estimate of drug-likeness (QED) is 0.659. The Morgan fingerprint density at radius 2 is 1.97 bits per heavy atom. The van der Waals surface area contributed by atoms with Crippen LogP contribution >= 0.6 is 23.4 Å². The minimum absolute atomic E-state index is 0.0344. The number of thioether (sulfide) groups is 1. The van der Waals surface area contributed by atoms with Crippen molar-refractivity contribution in [2.45, 2.75) is 19.4 Å². The fourth-order valence-electron chi connectivity index (χ4n) is 3.78. The van der Waals surface area contributed by atoms with Crippen molar-refractivity contribution >= 4 is 40.4 Å². The maximum absolute atomic E-state index is 12.9. The lowest BCUT2D eigenvalue weighted by molar-refractivity contribution is -0.136. The third-order valence-electron chi connectivity index (χ3n) is 5.29. The van der Waals surface area contributed by atoms with Gasteiger partial charge in [-0.1, -0.05) is 35.5 Å². The van der Waals surface area contributed by atoms with Gasteiger partial charge in [-0.25, -0.2) is 9.79 Å². The highest BCUT2D eigenvalue weighted by atomic mass is 35.5. The van der Waals surface area contributed by atoms with Crippen molar-refractivity contribution in [3.8, 4) is 0 Å². The summed E-state index contributed by atoms with van der Waals surface area (Å²) in [5, 5.41) is 3.29. The number of halogens is 1. The van der Waals surface area contributed by atoms with E-state index in [-0.39, 0.29) is 12.3 Å². The molecule has 0 spiro atoms. The molecular formula is C21H22ClN3O4S. The monoisotopic (exact) mass is 447 g/mol. The van der Waals surface area contributed by atoms with Crippen LogP contribution in [0, 0.1) is 0 Å². The number of hydrogen-bond acceptors (Lipinski definition) is 7. The molecule has 3 aliphatic rings. The summed E-state index contributed by atoms with van der Waals surface area (Å²) in [5.41, 5.74) is 2.74. The topological polar surface area (TPSA) is 71.4 Å². The number of rotatable bonds is 4. The third-order valence-corrected chi connectivity index (χ3v) is 6.43. The van der Waals surface area contributed by atoms with Crippen molar-refractivity contribution in [1.29, 1.82) is 0 Å². The van der Waals surface area contributed by atoms with Gasteiger partial charge in [0.15, 0.2) is 5.17 Å². The minimum Gasteiger partial charge on any atom is -0.466 e. The molecule has 0 N–H and O–H groups in total. The van der Waals surface area contributed by atoms with Gasteiger partial charge in [-0.15, -0.1) is 0 Å². The molecule has 1 amide bonds. The van der Waals surface area contributed by atoms with E-state index in [9.17, 15) is 9.59 Å². The van der Waals surface area contributed by atoms with E-state index < -0.39 is 12.0 Å². The first-order chi connectivity index (χ1) is 14.5. The van der Waals surface area contributed by atoms with Crippen LogP contribution in [-0.4, -0.2) is 60.3 Å². The zero-order valence-electron chi connectivity index (χ0n) is 16.8. The van der Waals surface area contributed by atoms with Gasteiger partial charge in [-0.3, -0.25) is 4.79 Å². The van der Waals surface area contributed by atoms with E-state index in [4.69, 9.17) is 21.1 Å². The number of hydrogen-bond donors (Lipinski definition) is 0. The van der Waals surface area contributed by atoms with Gasteiger partial charge in [0.1, 0.15) is 0 Å². The summed E-state index contributed by atoms with van der Waals surface area (Å²) in [7, 11) is 1.36. The highest BCUT2D eigenvalue weighted by molar-refractivity contribution is 8.16. The van der Waals surface area contributed by atoms with Crippen LogP contribution in [0.15, 0.2) is 51.6 Å². The van der Waals surface area contributed by atoms with Gasteiger partial charge < -0.3 is 19.3 Å². The second-order valence-electron chi connectivity index (χ2n) is 7.11. The van der Waals surface area contributed by atoms with Gasteiger partial charge >= 0.3 is 5.97 Å². The molecular weight excluding hydrogens is 426 g/mol. The van der Waals surface area contributed by atoms with E-state index in [0.29, 0.717) is 42.6 Å². The number of benzene rings is 1. The number of ether oxygens (including phenoxy) is 2. The van der Waals surface area contributed by atoms with Crippen LogP contribution in [0.2, 0.25) is 5.02 Å². The molecule has 7 nitrogen and oxygen atoms in total. The van der Waals surface area contributed by atoms with Crippen molar-refractivity contribution in [3.63, 3.8) is 0 Å². The van der Waals surface area contributed by atoms with Crippen LogP contribution in [0.25, 0.3) is 0 Å². The number of fused-ring (bicyclic) bond motifs is 1. The Kier molecular flexibility index (Phi) is 6.17. The maximum atomic E-state index is 12.9. The van der Waals surface area contributed by atoms with Crippen LogP contribution in [0.1, 0.15) is 24.9 Å². The summed E-state index contributed by atoms with van der Waals surface area (Å²) >= 11 is 7.54. The van der Waals surface area contributed by atoms with Crippen molar-refractivity contribution < 1.29 is 19.1 Å². The number of nitrogens with zero attached hydrogens (tertiary/aromatic N) is 3. The van der Waals surface area contributed by atoms with E-state index in [1.165, 1.54) is 18.9 Å². The Hall–Kier alpha value is -2.29. The second kappa shape index (κ2) is 8.83. The minimum atomic E-state index is -0.444. The zero-order valence-corrected chi connectivity index (χ0v) is 18.3. The number of morpholine rings is 1. The summed E-state index contributed by atoms with van der Waals surface area (Å²) in [5.74, 6) is -0.404. The summed E-state index contributed by atoms with van der Waals surface area (Å²) < 4.78 is 10.4. The Bertz CT molecular complexity index is 952. The van der Waals surface area contributed by atoms with Gasteiger partial charge in [-0.05, 0) is 30.0 Å². The second-order valence-corrected chi connectivity index (χ2v) is 8.38. The van der Waals surface area contributed by atoms with Crippen molar-refractivity contribution in [3.05, 3.63) is 57.2 Å². The van der Waals surface area contributed by atoms with E-state index >= 15 is 0 Å². The van der Waals surface area contributed by atoms with E-state index in [1.54, 1.807) is 19.1 Å². The third kappa shape index (κ3) is 3.99. The number of amidine groups is 1. The molecule has 3 heterocycles. The first-order valence-corrected chi connectivity index (χ1v) is 10.9. The van der Waals surface area contributed by atoms with Crippen molar-refractivity contribution in [2.24, 2.45) is 4.99 Å². The predicted molar refractivity (Wildman–Crippen MR) is 116 cm³/mol. The summed E-state index contributed by atoms with van der Waals surface area (Å²) in [6, 6.07) is 6.91. The van der Waals surface area contributed by atoms with Crippen molar-refractivity contribution in [1.82, 2.24) is 9.80 Å². The molecule has 3 aliphatic heterocycles. The lowest BCUT2D eigenvalue weighted by Crippen LogP contribution is -2.42. The maximum Gasteiger partial charge on any atom is 0.338 e. The van der Waals surface area contributed by atoms with Gasteiger partial charge in [0.25, 0.3) is 0 Å². The Labute approximate surface area is 184 Å². The van der Waals surface area contributed by atoms with Crippen LogP contribution in [0.3, 0.4) is 0 Å². The van der Waals surface area contributed by atoms with Gasteiger partial charge in [0, 0.05) is 23.8 Å². The number of esters is 1. The molecule has 158 valence electrons. The number of carbonyl (C=O) groups is 2. The average Bonchev–Trinajstić information content (AvgIpc) is 3.15. The molecule has 1 atom stereocenters. The van der Waals surface area contributed by atoms with E-state index in [0.717, 1.165) is 16.4 Å². The Morgan fingerprint density at radius 3 is 2.63 bits per heavy atom. The predicted octanol–water partition coefficient (Wildman–Crippen LogP) is 3.34. The standard InChI is InChI=1S/C21H22ClN3O4S/c1-13-18(20(27)28-2)19(14-3-5-15(22)6-4-14)25-16(12-30-21(25)23-13)11-17(26)24-7-9-29-10-8-24/h3-6,12,19H,7-11H2,1-2H3. The lowest BCUT2D eigenvalue weighted by atomic mass is 9.94. The van der Waals surface area contributed by atoms with Crippen molar-refractivity contribution in [2.75, 3.05) is 33.4 Å². The molecule has 1 aromatic rings. The molecule has 1 saturated heterocycles. The summed E-state index contributed by atoms with van der Waals surface area (Å²) in [6.45, 7) is 4.09. The molecule has 0 aromatic heterocycles. The van der Waals surface area contributed by atoms with Crippen LogP contribution in [0.5, 0.6) is 0 Å². The van der Waals surface area contributed by atoms with Gasteiger partial charge in [-0.2, -0.15) is 0 Å². The van der Waals surface area contributed by atoms with Gasteiger partial charge in [0.05, 0.1) is 44.1 Å². The number of amides is 1. The number of methoxy groups -OCH3 is 1. The number of carbonyl (C=O) groups excluding carboxylic acids is 2. The average molecular weight is 448 g/mol. The molecule has 0 aliphatic carbocycles. The SMILES string of the molecule is COC(=O)C1=C(C)N=C2SC=C(CC(=O)N3CCOCC3)N2C1c1ccc(Cl)cc1. The highest BCUT2D eigenvalue weighted by Gasteiger charge is 2.41. The Morgan fingerprint density at radius 1 is 1.27 bits per heavy atom.